The highest BCUT2D eigenvalue weighted by atomic mass is 16.5. The van der Waals surface area contributed by atoms with E-state index in [1.165, 1.54) is 44.9 Å². The molecule has 0 spiro atoms. The summed E-state index contributed by atoms with van der Waals surface area (Å²) in [6.45, 7) is 0. The summed E-state index contributed by atoms with van der Waals surface area (Å²) < 4.78 is 5.17. The number of carbonyl (C=O) groups excluding carboxylic acids is 1. The third-order valence-electron chi connectivity index (χ3n) is 4.17. The third kappa shape index (κ3) is 4.48. The van der Waals surface area contributed by atoms with Crippen LogP contribution in [0.1, 0.15) is 55.3 Å². The molecule has 1 aromatic rings. The second-order valence-corrected chi connectivity index (χ2v) is 5.83. The number of rotatable bonds is 5. The lowest BCUT2D eigenvalue weighted by Gasteiger charge is -2.15. The Hall–Kier alpha value is -2.04. The lowest BCUT2D eigenvalue weighted by atomic mass is 9.96. The van der Waals surface area contributed by atoms with Gasteiger partial charge in [0.25, 0.3) is 0 Å². The van der Waals surface area contributed by atoms with Crippen LogP contribution in [0.25, 0.3) is 0 Å². The average molecular weight is 305 g/mol. The summed E-state index contributed by atoms with van der Waals surface area (Å²) in [6.07, 6.45) is 7.68. The van der Waals surface area contributed by atoms with Crippen LogP contribution in [0, 0.1) is 5.92 Å². The standard InChI is InChI=1S/C17H23NO4/c1-22-15-11-13(17(20)21)8-9-14(15)18-16(19)10-12-6-4-2-3-5-7-12/h8-9,11-12H,2-7,10H2,1H3,(H,18,19)(H,20,21). The number of ether oxygens (including phenoxy) is 1. The van der Waals surface area contributed by atoms with Crippen molar-refractivity contribution in [3.63, 3.8) is 0 Å². The zero-order chi connectivity index (χ0) is 15.9. The molecule has 120 valence electrons. The minimum absolute atomic E-state index is 0.0340. The summed E-state index contributed by atoms with van der Waals surface area (Å²) in [5, 5.41) is 11.8. The molecular weight excluding hydrogens is 282 g/mol. The Balaban J connectivity index is 1.99. The highest BCUT2D eigenvalue weighted by Gasteiger charge is 2.17. The summed E-state index contributed by atoms with van der Waals surface area (Å²) in [7, 11) is 1.46. The van der Waals surface area contributed by atoms with Crippen LogP contribution in [0.2, 0.25) is 0 Å². The molecule has 0 radical (unpaired) electrons. The van der Waals surface area contributed by atoms with Crippen molar-refractivity contribution in [3.05, 3.63) is 23.8 Å². The molecule has 0 unspecified atom stereocenters. The first-order valence-corrected chi connectivity index (χ1v) is 7.81. The fourth-order valence-electron chi connectivity index (χ4n) is 2.96. The van der Waals surface area contributed by atoms with Gasteiger partial charge >= 0.3 is 5.97 Å². The van der Waals surface area contributed by atoms with Crippen LogP contribution < -0.4 is 10.1 Å². The van der Waals surface area contributed by atoms with Crippen molar-refractivity contribution in [3.8, 4) is 5.75 Å². The van der Waals surface area contributed by atoms with Gasteiger partial charge in [0, 0.05) is 6.42 Å². The van der Waals surface area contributed by atoms with Gasteiger partial charge in [-0.15, -0.1) is 0 Å². The van der Waals surface area contributed by atoms with Gasteiger partial charge in [-0.25, -0.2) is 4.79 Å². The Labute approximate surface area is 130 Å². The second-order valence-electron chi connectivity index (χ2n) is 5.83. The fourth-order valence-corrected chi connectivity index (χ4v) is 2.96. The molecule has 0 heterocycles. The molecule has 1 aliphatic rings. The Morgan fingerprint density at radius 1 is 1.23 bits per heavy atom. The van der Waals surface area contributed by atoms with Gasteiger partial charge in [0.15, 0.2) is 0 Å². The van der Waals surface area contributed by atoms with Gasteiger partial charge in [0.1, 0.15) is 5.75 Å². The van der Waals surface area contributed by atoms with Crippen molar-refractivity contribution >= 4 is 17.6 Å². The van der Waals surface area contributed by atoms with E-state index in [1.54, 1.807) is 6.07 Å². The number of amides is 1. The van der Waals surface area contributed by atoms with Crippen LogP contribution in [-0.2, 0) is 4.79 Å². The van der Waals surface area contributed by atoms with Crippen LogP contribution in [0.3, 0.4) is 0 Å². The third-order valence-corrected chi connectivity index (χ3v) is 4.17. The lowest BCUT2D eigenvalue weighted by molar-refractivity contribution is -0.117. The predicted molar refractivity (Wildman–Crippen MR) is 84.4 cm³/mol. The maximum atomic E-state index is 12.2. The molecule has 0 saturated heterocycles. The highest BCUT2D eigenvalue weighted by molar-refractivity contribution is 5.94. The zero-order valence-corrected chi connectivity index (χ0v) is 12.9. The lowest BCUT2D eigenvalue weighted by Crippen LogP contribution is -2.17. The highest BCUT2D eigenvalue weighted by Crippen LogP contribution is 2.28. The van der Waals surface area contributed by atoms with Crippen LogP contribution in [0.4, 0.5) is 5.69 Å². The van der Waals surface area contributed by atoms with Crippen LogP contribution in [-0.4, -0.2) is 24.1 Å². The molecule has 5 heteroatoms. The van der Waals surface area contributed by atoms with Gasteiger partial charge < -0.3 is 15.2 Å². The summed E-state index contributed by atoms with van der Waals surface area (Å²) in [5.74, 6) is -0.233. The summed E-state index contributed by atoms with van der Waals surface area (Å²) in [5.41, 5.74) is 0.657. The maximum Gasteiger partial charge on any atom is 0.335 e. The predicted octanol–water partition coefficient (Wildman–Crippen LogP) is 3.69. The molecule has 22 heavy (non-hydrogen) atoms. The molecule has 1 amide bonds. The number of hydrogen-bond acceptors (Lipinski definition) is 3. The molecule has 0 aromatic heterocycles. The van der Waals surface area contributed by atoms with E-state index in [1.807, 2.05) is 0 Å². The number of anilines is 1. The van der Waals surface area contributed by atoms with E-state index in [0.29, 0.717) is 23.8 Å². The van der Waals surface area contributed by atoms with Crippen molar-refractivity contribution in [1.82, 2.24) is 0 Å². The average Bonchev–Trinajstić information content (AvgIpc) is 2.76. The van der Waals surface area contributed by atoms with Gasteiger partial charge in [0.05, 0.1) is 18.4 Å². The summed E-state index contributed by atoms with van der Waals surface area (Å²) in [4.78, 5) is 23.2. The van der Waals surface area contributed by atoms with Crippen molar-refractivity contribution in [1.29, 1.82) is 0 Å². The Kier molecular flexibility index (Phi) is 5.81. The molecular formula is C17H23NO4. The number of aromatic carboxylic acids is 1. The van der Waals surface area contributed by atoms with E-state index in [-0.39, 0.29) is 11.5 Å². The molecule has 1 aliphatic carbocycles. The van der Waals surface area contributed by atoms with E-state index in [9.17, 15) is 9.59 Å². The number of benzene rings is 1. The normalized spacial score (nSPS) is 15.9. The molecule has 0 atom stereocenters. The topological polar surface area (TPSA) is 75.6 Å². The number of methoxy groups -OCH3 is 1. The van der Waals surface area contributed by atoms with Crippen LogP contribution in [0.15, 0.2) is 18.2 Å². The number of carboxylic acid groups (broad SMARTS) is 1. The Morgan fingerprint density at radius 3 is 2.50 bits per heavy atom. The summed E-state index contributed by atoms with van der Waals surface area (Å²) in [6, 6.07) is 4.46. The molecule has 1 saturated carbocycles. The van der Waals surface area contributed by atoms with Crippen molar-refractivity contribution < 1.29 is 19.4 Å². The molecule has 0 bridgehead atoms. The molecule has 1 aromatic carbocycles. The first kappa shape index (κ1) is 16.3. The second kappa shape index (κ2) is 7.82. The smallest absolute Gasteiger partial charge is 0.335 e. The quantitative estimate of drug-likeness (QED) is 0.813. The molecule has 2 N–H and O–H groups in total. The van der Waals surface area contributed by atoms with Gasteiger partial charge in [0.2, 0.25) is 5.91 Å². The van der Waals surface area contributed by atoms with Crippen LogP contribution in [0.5, 0.6) is 5.75 Å². The van der Waals surface area contributed by atoms with E-state index in [4.69, 9.17) is 9.84 Å². The van der Waals surface area contributed by atoms with E-state index in [0.717, 1.165) is 12.8 Å². The molecule has 2 rings (SSSR count). The number of carboxylic acids is 1. The first-order valence-electron chi connectivity index (χ1n) is 7.81. The molecule has 1 fully saturated rings. The molecule has 5 nitrogen and oxygen atoms in total. The largest absolute Gasteiger partial charge is 0.495 e. The fraction of sp³-hybridized carbons (Fsp3) is 0.529. The SMILES string of the molecule is COc1cc(C(=O)O)ccc1NC(=O)CC1CCCCCC1. The number of carbonyl (C=O) groups is 2. The van der Waals surface area contributed by atoms with Crippen molar-refractivity contribution in [2.24, 2.45) is 5.92 Å². The van der Waals surface area contributed by atoms with Gasteiger partial charge in [-0.1, -0.05) is 25.7 Å². The van der Waals surface area contributed by atoms with Gasteiger partial charge in [-0.05, 0) is 37.0 Å². The zero-order valence-electron chi connectivity index (χ0n) is 12.9. The first-order chi connectivity index (χ1) is 10.6. The summed E-state index contributed by atoms with van der Waals surface area (Å²) >= 11 is 0. The van der Waals surface area contributed by atoms with Crippen molar-refractivity contribution in [2.45, 2.75) is 44.9 Å². The van der Waals surface area contributed by atoms with Crippen molar-refractivity contribution in [2.75, 3.05) is 12.4 Å². The number of hydrogen-bond donors (Lipinski definition) is 2. The molecule has 0 aliphatic heterocycles. The van der Waals surface area contributed by atoms with Gasteiger partial charge in [-0.3, -0.25) is 4.79 Å². The monoisotopic (exact) mass is 305 g/mol. The Bertz CT molecular complexity index is 533. The minimum atomic E-state index is -1.02. The Morgan fingerprint density at radius 2 is 1.91 bits per heavy atom. The van der Waals surface area contributed by atoms with E-state index in [2.05, 4.69) is 5.32 Å². The van der Waals surface area contributed by atoms with E-state index >= 15 is 0 Å². The number of nitrogens with one attached hydrogen (secondary N) is 1. The van der Waals surface area contributed by atoms with Crippen LogP contribution >= 0.6 is 0 Å². The minimum Gasteiger partial charge on any atom is -0.495 e. The van der Waals surface area contributed by atoms with Gasteiger partial charge in [-0.2, -0.15) is 0 Å². The van der Waals surface area contributed by atoms with E-state index < -0.39 is 5.97 Å². The maximum absolute atomic E-state index is 12.2.